The number of nitrogens with zero attached hydrogens (tertiary/aromatic N) is 1. The minimum atomic E-state index is -0.379. The van der Waals surface area contributed by atoms with E-state index >= 15 is 0 Å². The molecule has 0 radical (unpaired) electrons. The zero-order valence-corrected chi connectivity index (χ0v) is 12.5. The molecule has 1 fully saturated rings. The summed E-state index contributed by atoms with van der Waals surface area (Å²) in [5, 5.41) is 2.96. The molecule has 1 heterocycles. The summed E-state index contributed by atoms with van der Waals surface area (Å²) < 4.78 is 5.32. The molecular weight excluding hydrogens is 242 g/mol. The SMILES string of the molecule is CC(C)C[C@H](N)C(=O)NCC(C)CN1CCOCC1. The lowest BCUT2D eigenvalue weighted by Crippen LogP contribution is -2.45. The van der Waals surface area contributed by atoms with Crippen molar-refractivity contribution in [2.24, 2.45) is 17.6 Å². The van der Waals surface area contributed by atoms with E-state index in [9.17, 15) is 4.79 Å². The van der Waals surface area contributed by atoms with Gasteiger partial charge in [0.2, 0.25) is 5.91 Å². The van der Waals surface area contributed by atoms with Gasteiger partial charge in [-0.25, -0.2) is 0 Å². The summed E-state index contributed by atoms with van der Waals surface area (Å²) in [4.78, 5) is 14.2. The molecule has 1 aliphatic heterocycles. The highest BCUT2D eigenvalue weighted by Gasteiger charge is 2.17. The summed E-state index contributed by atoms with van der Waals surface area (Å²) in [5.41, 5.74) is 5.85. The van der Waals surface area contributed by atoms with Crippen molar-refractivity contribution in [3.05, 3.63) is 0 Å². The highest BCUT2D eigenvalue weighted by Crippen LogP contribution is 2.04. The molecule has 19 heavy (non-hydrogen) atoms. The second-order valence-corrected chi connectivity index (χ2v) is 6.00. The molecular formula is C14H29N3O2. The number of nitrogens with one attached hydrogen (secondary N) is 1. The molecule has 0 aromatic rings. The fourth-order valence-electron chi connectivity index (χ4n) is 2.31. The van der Waals surface area contributed by atoms with Crippen molar-refractivity contribution in [2.45, 2.75) is 33.2 Å². The first kappa shape index (κ1) is 16.4. The van der Waals surface area contributed by atoms with E-state index in [1.807, 2.05) is 0 Å². The molecule has 3 N–H and O–H groups in total. The average molecular weight is 271 g/mol. The zero-order valence-electron chi connectivity index (χ0n) is 12.5. The van der Waals surface area contributed by atoms with Gasteiger partial charge in [0.25, 0.3) is 0 Å². The lowest BCUT2D eigenvalue weighted by Gasteiger charge is -2.29. The van der Waals surface area contributed by atoms with E-state index in [-0.39, 0.29) is 11.9 Å². The van der Waals surface area contributed by atoms with Gasteiger partial charge >= 0.3 is 0 Å². The van der Waals surface area contributed by atoms with Crippen LogP contribution in [0.1, 0.15) is 27.2 Å². The Bertz CT molecular complexity index is 265. The van der Waals surface area contributed by atoms with Crippen LogP contribution in [0.5, 0.6) is 0 Å². The maximum absolute atomic E-state index is 11.8. The lowest BCUT2D eigenvalue weighted by atomic mass is 10.0. The first-order chi connectivity index (χ1) is 8.99. The number of carbonyl (C=O) groups excluding carboxylic acids is 1. The zero-order chi connectivity index (χ0) is 14.3. The van der Waals surface area contributed by atoms with Gasteiger partial charge in [0.05, 0.1) is 19.3 Å². The van der Waals surface area contributed by atoms with Crippen molar-refractivity contribution in [2.75, 3.05) is 39.4 Å². The molecule has 1 saturated heterocycles. The summed E-state index contributed by atoms with van der Waals surface area (Å²) in [6.45, 7) is 11.6. The Kier molecular flexibility index (Phi) is 7.34. The fraction of sp³-hybridized carbons (Fsp3) is 0.929. The third-order valence-corrected chi connectivity index (χ3v) is 3.36. The van der Waals surface area contributed by atoms with Crippen LogP contribution in [0.15, 0.2) is 0 Å². The summed E-state index contributed by atoms with van der Waals surface area (Å²) in [6.07, 6.45) is 0.740. The van der Waals surface area contributed by atoms with E-state index in [1.165, 1.54) is 0 Å². The molecule has 2 atom stereocenters. The molecule has 1 unspecified atom stereocenters. The minimum absolute atomic E-state index is 0.0254. The molecule has 0 aromatic heterocycles. The standard InChI is InChI=1S/C14H29N3O2/c1-11(2)8-13(15)14(18)16-9-12(3)10-17-4-6-19-7-5-17/h11-13H,4-10,15H2,1-3H3,(H,16,18)/t12?,13-/m0/s1. The van der Waals surface area contributed by atoms with Crippen molar-refractivity contribution in [3.63, 3.8) is 0 Å². The number of nitrogens with two attached hydrogens (primary N) is 1. The van der Waals surface area contributed by atoms with Crippen LogP contribution in [-0.2, 0) is 9.53 Å². The van der Waals surface area contributed by atoms with Gasteiger partial charge in [0.15, 0.2) is 0 Å². The molecule has 0 saturated carbocycles. The maximum Gasteiger partial charge on any atom is 0.236 e. The molecule has 1 rings (SSSR count). The largest absolute Gasteiger partial charge is 0.379 e. The second kappa shape index (κ2) is 8.51. The third kappa shape index (κ3) is 6.89. The number of amides is 1. The average Bonchev–Trinajstić information content (AvgIpc) is 2.36. The minimum Gasteiger partial charge on any atom is -0.379 e. The summed E-state index contributed by atoms with van der Waals surface area (Å²) >= 11 is 0. The quantitative estimate of drug-likeness (QED) is 0.705. The molecule has 1 aliphatic rings. The predicted octanol–water partition coefficient (Wildman–Crippen LogP) is 0.444. The molecule has 0 aromatic carbocycles. The van der Waals surface area contributed by atoms with Crippen LogP contribution in [0.4, 0.5) is 0 Å². The van der Waals surface area contributed by atoms with Crippen molar-refractivity contribution >= 4 is 5.91 Å². The number of rotatable bonds is 7. The van der Waals surface area contributed by atoms with Crippen molar-refractivity contribution < 1.29 is 9.53 Å². The predicted molar refractivity (Wildman–Crippen MR) is 76.9 cm³/mol. The summed E-state index contributed by atoms with van der Waals surface area (Å²) in [7, 11) is 0. The number of morpholine rings is 1. The van der Waals surface area contributed by atoms with E-state index in [4.69, 9.17) is 10.5 Å². The fourth-order valence-corrected chi connectivity index (χ4v) is 2.31. The Balaban J connectivity index is 2.17. The molecule has 112 valence electrons. The Morgan fingerprint density at radius 2 is 1.95 bits per heavy atom. The molecule has 5 nitrogen and oxygen atoms in total. The van der Waals surface area contributed by atoms with Crippen LogP contribution in [0.3, 0.4) is 0 Å². The van der Waals surface area contributed by atoms with E-state index in [0.717, 1.165) is 39.3 Å². The maximum atomic E-state index is 11.8. The Morgan fingerprint density at radius 3 is 2.53 bits per heavy atom. The number of ether oxygens (including phenoxy) is 1. The van der Waals surface area contributed by atoms with Crippen LogP contribution in [0.25, 0.3) is 0 Å². The molecule has 0 spiro atoms. The van der Waals surface area contributed by atoms with Crippen molar-refractivity contribution in [1.82, 2.24) is 10.2 Å². The van der Waals surface area contributed by atoms with Crippen LogP contribution in [0, 0.1) is 11.8 Å². The first-order valence-corrected chi connectivity index (χ1v) is 7.32. The Morgan fingerprint density at radius 1 is 1.32 bits per heavy atom. The van der Waals surface area contributed by atoms with Gasteiger partial charge in [-0.2, -0.15) is 0 Å². The van der Waals surface area contributed by atoms with E-state index in [0.29, 0.717) is 18.4 Å². The van der Waals surface area contributed by atoms with Crippen LogP contribution in [0.2, 0.25) is 0 Å². The van der Waals surface area contributed by atoms with Gasteiger partial charge in [-0.15, -0.1) is 0 Å². The van der Waals surface area contributed by atoms with Crippen molar-refractivity contribution in [3.8, 4) is 0 Å². The van der Waals surface area contributed by atoms with Gasteiger partial charge in [0.1, 0.15) is 0 Å². The van der Waals surface area contributed by atoms with E-state index < -0.39 is 0 Å². The molecule has 0 bridgehead atoms. The van der Waals surface area contributed by atoms with Crippen molar-refractivity contribution in [1.29, 1.82) is 0 Å². The molecule has 1 amide bonds. The van der Waals surface area contributed by atoms with Gasteiger partial charge < -0.3 is 15.8 Å². The van der Waals surface area contributed by atoms with E-state index in [1.54, 1.807) is 0 Å². The van der Waals surface area contributed by atoms with Crippen LogP contribution >= 0.6 is 0 Å². The highest BCUT2D eigenvalue weighted by atomic mass is 16.5. The normalized spacial score (nSPS) is 20.3. The topological polar surface area (TPSA) is 67.6 Å². The van der Waals surface area contributed by atoms with Gasteiger partial charge in [-0.1, -0.05) is 20.8 Å². The molecule has 5 heteroatoms. The number of carbonyl (C=O) groups is 1. The van der Waals surface area contributed by atoms with Crippen LogP contribution in [-0.4, -0.2) is 56.2 Å². The van der Waals surface area contributed by atoms with Gasteiger partial charge in [-0.3, -0.25) is 9.69 Å². The third-order valence-electron chi connectivity index (χ3n) is 3.36. The van der Waals surface area contributed by atoms with E-state index in [2.05, 4.69) is 31.0 Å². The molecule has 0 aliphatic carbocycles. The number of hydrogen-bond donors (Lipinski definition) is 2. The second-order valence-electron chi connectivity index (χ2n) is 6.00. The highest BCUT2D eigenvalue weighted by molar-refractivity contribution is 5.81. The number of hydrogen-bond acceptors (Lipinski definition) is 4. The van der Waals surface area contributed by atoms with Gasteiger partial charge in [0, 0.05) is 26.2 Å². The monoisotopic (exact) mass is 271 g/mol. The first-order valence-electron chi connectivity index (χ1n) is 7.32. The smallest absolute Gasteiger partial charge is 0.236 e. The van der Waals surface area contributed by atoms with Gasteiger partial charge in [-0.05, 0) is 18.3 Å². The summed E-state index contributed by atoms with van der Waals surface area (Å²) in [5.74, 6) is 0.863. The lowest BCUT2D eigenvalue weighted by molar-refractivity contribution is -0.122. The summed E-state index contributed by atoms with van der Waals surface area (Å²) in [6, 6.07) is -0.379. The Hall–Kier alpha value is -0.650. The Labute approximate surface area is 116 Å². The van der Waals surface area contributed by atoms with Crippen LogP contribution < -0.4 is 11.1 Å².